The molecule has 19 heavy (non-hydrogen) atoms. The lowest BCUT2D eigenvalue weighted by Crippen LogP contribution is -2.46. The lowest BCUT2D eigenvalue weighted by Gasteiger charge is -2.27. The summed E-state index contributed by atoms with van der Waals surface area (Å²) in [6.45, 7) is 3.95. The van der Waals surface area contributed by atoms with Gasteiger partial charge in [0.15, 0.2) is 0 Å². The van der Waals surface area contributed by atoms with Crippen LogP contribution in [0.25, 0.3) is 0 Å². The number of ether oxygens (including phenoxy) is 1. The first-order valence-electron chi connectivity index (χ1n) is 6.33. The number of amides is 1. The number of nitrogens with one attached hydrogen (secondary N) is 2. The topological polar surface area (TPSA) is 50.4 Å². The Hall–Kier alpha value is -0.620. The van der Waals surface area contributed by atoms with Crippen LogP contribution in [-0.4, -0.2) is 32.7 Å². The second-order valence-corrected chi connectivity index (χ2v) is 6.72. The molecule has 1 aliphatic heterocycles. The Morgan fingerprint density at radius 1 is 1.68 bits per heavy atom. The summed E-state index contributed by atoms with van der Waals surface area (Å²) in [7, 11) is 1.63. The summed E-state index contributed by atoms with van der Waals surface area (Å²) in [5.41, 5.74) is -0.440. The molecule has 106 valence electrons. The van der Waals surface area contributed by atoms with E-state index in [9.17, 15) is 4.79 Å². The highest BCUT2D eigenvalue weighted by Gasteiger charge is 2.41. The summed E-state index contributed by atoms with van der Waals surface area (Å²) >= 11 is 7.42. The zero-order valence-electron chi connectivity index (χ0n) is 11.2. The Kier molecular flexibility index (Phi) is 4.84. The van der Waals surface area contributed by atoms with Crippen LogP contribution < -0.4 is 10.6 Å². The predicted molar refractivity (Wildman–Crippen MR) is 77.7 cm³/mol. The SMILES string of the molecule is COCC1(C(=O)NC(C)c2ccc(Cl)s2)CCNC1. The van der Waals surface area contributed by atoms with Crippen LogP contribution in [0.4, 0.5) is 0 Å². The lowest BCUT2D eigenvalue weighted by molar-refractivity contribution is -0.133. The Labute approximate surface area is 122 Å². The van der Waals surface area contributed by atoms with E-state index in [1.807, 2.05) is 19.1 Å². The van der Waals surface area contributed by atoms with Gasteiger partial charge in [0, 0.05) is 18.5 Å². The van der Waals surface area contributed by atoms with E-state index < -0.39 is 5.41 Å². The molecule has 4 nitrogen and oxygen atoms in total. The molecule has 2 rings (SSSR count). The highest BCUT2D eigenvalue weighted by Crippen LogP contribution is 2.30. The predicted octanol–water partition coefficient (Wildman–Crippen LogP) is 2.20. The number of carbonyl (C=O) groups excluding carboxylic acids is 1. The van der Waals surface area contributed by atoms with Gasteiger partial charge < -0.3 is 15.4 Å². The number of carbonyl (C=O) groups is 1. The summed E-state index contributed by atoms with van der Waals surface area (Å²) in [4.78, 5) is 13.6. The van der Waals surface area contributed by atoms with Gasteiger partial charge in [0.2, 0.25) is 5.91 Å². The van der Waals surface area contributed by atoms with Gasteiger partial charge in [-0.1, -0.05) is 11.6 Å². The summed E-state index contributed by atoms with van der Waals surface area (Å²) in [5.74, 6) is 0.0522. The molecule has 1 saturated heterocycles. The van der Waals surface area contributed by atoms with Gasteiger partial charge in [0.25, 0.3) is 0 Å². The maximum absolute atomic E-state index is 12.5. The van der Waals surface area contributed by atoms with Crippen molar-refractivity contribution in [2.75, 3.05) is 26.8 Å². The fourth-order valence-electron chi connectivity index (χ4n) is 2.38. The van der Waals surface area contributed by atoms with Crippen molar-refractivity contribution in [2.24, 2.45) is 5.41 Å². The molecule has 0 saturated carbocycles. The van der Waals surface area contributed by atoms with E-state index in [-0.39, 0.29) is 11.9 Å². The summed E-state index contributed by atoms with van der Waals surface area (Å²) in [6, 6.07) is 3.78. The molecule has 2 atom stereocenters. The van der Waals surface area contributed by atoms with Gasteiger partial charge >= 0.3 is 0 Å². The smallest absolute Gasteiger partial charge is 0.230 e. The Morgan fingerprint density at radius 2 is 2.47 bits per heavy atom. The number of hydrogen-bond acceptors (Lipinski definition) is 4. The van der Waals surface area contributed by atoms with Crippen LogP contribution in [-0.2, 0) is 9.53 Å². The van der Waals surface area contributed by atoms with Crippen molar-refractivity contribution in [3.63, 3.8) is 0 Å². The quantitative estimate of drug-likeness (QED) is 0.877. The zero-order chi connectivity index (χ0) is 13.9. The Bertz CT molecular complexity index is 444. The van der Waals surface area contributed by atoms with Crippen LogP contribution >= 0.6 is 22.9 Å². The third-order valence-electron chi connectivity index (χ3n) is 3.51. The van der Waals surface area contributed by atoms with Gasteiger partial charge in [-0.05, 0) is 32.0 Å². The van der Waals surface area contributed by atoms with Gasteiger partial charge in [-0.2, -0.15) is 0 Å². The highest BCUT2D eigenvalue weighted by atomic mass is 35.5. The largest absolute Gasteiger partial charge is 0.384 e. The molecular weight excluding hydrogens is 284 g/mol. The Morgan fingerprint density at radius 3 is 3.00 bits per heavy atom. The van der Waals surface area contributed by atoms with E-state index in [0.29, 0.717) is 13.2 Å². The van der Waals surface area contributed by atoms with E-state index in [4.69, 9.17) is 16.3 Å². The van der Waals surface area contributed by atoms with Crippen molar-refractivity contribution in [2.45, 2.75) is 19.4 Å². The van der Waals surface area contributed by atoms with Crippen LogP contribution in [0.2, 0.25) is 4.34 Å². The molecule has 2 unspecified atom stereocenters. The zero-order valence-corrected chi connectivity index (χ0v) is 12.7. The second kappa shape index (κ2) is 6.22. The molecule has 1 amide bonds. The lowest BCUT2D eigenvalue weighted by atomic mass is 9.86. The first-order valence-corrected chi connectivity index (χ1v) is 7.53. The van der Waals surface area contributed by atoms with E-state index in [0.717, 1.165) is 22.2 Å². The molecular formula is C13H19ClN2O2S. The number of rotatable bonds is 5. The average molecular weight is 303 g/mol. The second-order valence-electron chi connectivity index (χ2n) is 4.98. The molecule has 0 bridgehead atoms. The fourth-order valence-corrected chi connectivity index (χ4v) is 3.45. The number of thiophene rings is 1. The highest BCUT2D eigenvalue weighted by molar-refractivity contribution is 7.16. The maximum atomic E-state index is 12.5. The molecule has 1 aromatic heterocycles. The summed E-state index contributed by atoms with van der Waals surface area (Å²) in [6.07, 6.45) is 0.810. The van der Waals surface area contributed by atoms with E-state index >= 15 is 0 Å². The first kappa shape index (κ1) is 14.8. The van der Waals surface area contributed by atoms with Crippen LogP contribution in [0.15, 0.2) is 12.1 Å². The van der Waals surface area contributed by atoms with Gasteiger partial charge in [-0.25, -0.2) is 0 Å². The van der Waals surface area contributed by atoms with Gasteiger partial charge in [0.05, 0.1) is 22.4 Å². The van der Waals surface area contributed by atoms with Crippen molar-refractivity contribution < 1.29 is 9.53 Å². The molecule has 6 heteroatoms. The minimum Gasteiger partial charge on any atom is -0.384 e. The average Bonchev–Trinajstić information content (AvgIpc) is 2.99. The number of methoxy groups -OCH3 is 1. The molecule has 2 heterocycles. The normalized spacial score (nSPS) is 24.4. The van der Waals surface area contributed by atoms with Crippen molar-refractivity contribution in [3.05, 3.63) is 21.3 Å². The number of halogens is 1. The van der Waals surface area contributed by atoms with Crippen LogP contribution in [0.5, 0.6) is 0 Å². The minimum absolute atomic E-state index is 0.0284. The third-order valence-corrected chi connectivity index (χ3v) is 4.93. The summed E-state index contributed by atoms with van der Waals surface area (Å²) < 4.78 is 5.96. The van der Waals surface area contributed by atoms with Gasteiger partial charge in [-0.15, -0.1) is 11.3 Å². The van der Waals surface area contributed by atoms with E-state index in [1.165, 1.54) is 11.3 Å². The van der Waals surface area contributed by atoms with Crippen LogP contribution in [0.3, 0.4) is 0 Å². The van der Waals surface area contributed by atoms with Crippen LogP contribution in [0.1, 0.15) is 24.3 Å². The van der Waals surface area contributed by atoms with Crippen molar-refractivity contribution >= 4 is 28.8 Å². The molecule has 1 aliphatic rings. The van der Waals surface area contributed by atoms with Crippen molar-refractivity contribution in [1.82, 2.24) is 10.6 Å². The molecule has 1 aromatic rings. The van der Waals surface area contributed by atoms with Crippen molar-refractivity contribution in [1.29, 1.82) is 0 Å². The van der Waals surface area contributed by atoms with Gasteiger partial charge in [-0.3, -0.25) is 4.79 Å². The Balaban J connectivity index is 2.03. The van der Waals surface area contributed by atoms with Crippen LogP contribution in [0, 0.1) is 5.41 Å². The van der Waals surface area contributed by atoms with E-state index in [1.54, 1.807) is 7.11 Å². The maximum Gasteiger partial charge on any atom is 0.230 e. The standard InChI is InChI=1S/C13H19ClN2O2S/c1-9(10-3-4-11(14)19-10)16-12(17)13(8-18-2)5-6-15-7-13/h3-4,9,15H,5-8H2,1-2H3,(H,16,17). The monoisotopic (exact) mass is 302 g/mol. The first-order chi connectivity index (χ1) is 9.07. The van der Waals surface area contributed by atoms with Crippen molar-refractivity contribution in [3.8, 4) is 0 Å². The molecule has 1 fully saturated rings. The summed E-state index contributed by atoms with van der Waals surface area (Å²) in [5, 5.41) is 6.31. The molecule has 0 radical (unpaired) electrons. The molecule has 0 spiro atoms. The van der Waals surface area contributed by atoms with Gasteiger partial charge in [0.1, 0.15) is 0 Å². The molecule has 2 N–H and O–H groups in total. The molecule has 0 aromatic carbocycles. The third kappa shape index (κ3) is 3.28. The van der Waals surface area contributed by atoms with E-state index in [2.05, 4.69) is 10.6 Å². The number of hydrogen-bond donors (Lipinski definition) is 2. The molecule has 0 aliphatic carbocycles. The fraction of sp³-hybridized carbons (Fsp3) is 0.615. The minimum atomic E-state index is -0.440.